The molecule has 0 aliphatic heterocycles. The number of aryl methyl sites for hydroxylation is 2. The summed E-state index contributed by atoms with van der Waals surface area (Å²) >= 11 is 1.68. The van der Waals surface area contributed by atoms with Crippen LogP contribution in [0.2, 0.25) is 0 Å². The topological polar surface area (TPSA) is 90.9 Å². The van der Waals surface area contributed by atoms with Crippen molar-refractivity contribution < 1.29 is 8.42 Å². The maximum absolute atomic E-state index is 11.7. The van der Waals surface area contributed by atoms with Crippen LogP contribution in [0.3, 0.4) is 0 Å². The summed E-state index contributed by atoms with van der Waals surface area (Å²) in [6.45, 7) is 4.56. The maximum atomic E-state index is 11.7. The van der Waals surface area contributed by atoms with Gasteiger partial charge in [-0.25, -0.2) is 13.6 Å². The first-order chi connectivity index (χ1) is 9.86. The van der Waals surface area contributed by atoms with Gasteiger partial charge in [-0.3, -0.25) is 4.57 Å². The number of thiophene rings is 1. The molecule has 1 aliphatic rings. The maximum Gasteiger partial charge on any atom is 0.273 e. The van der Waals surface area contributed by atoms with E-state index < -0.39 is 10.0 Å². The molecule has 114 valence electrons. The Morgan fingerprint density at radius 1 is 1.38 bits per heavy atom. The van der Waals surface area contributed by atoms with Crippen molar-refractivity contribution in [2.45, 2.75) is 44.8 Å². The highest BCUT2D eigenvalue weighted by Crippen LogP contribution is 2.36. The summed E-state index contributed by atoms with van der Waals surface area (Å²) < 4.78 is 25.0. The van der Waals surface area contributed by atoms with Crippen molar-refractivity contribution in [2.75, 3.05) is 0 Å². The molecule has 2 N–H and O–H groups in total. The normalized spacial score (nSPS) is 14.9. The summed E-state index contributed by atoms with van der Waals surface area (Å²) in [6.07, 6.45) is 3.38. The summed E-state index contributed by atoms with van der Waals surface area (Å²) in [5.41, 5.74) is 1.35. The Balaban J connectivity index is 2.11. The highest BCUT2D eigenvalue weighted by molar-refractivity contribution is 7.89. The summed E-state index contributed by atoms with van der Waals surface area (Å²) in [5, 5.41) is 13.0. The first-order valence-electron chi connectivity index (χ1n) is 6.94. The van der Waals surface area contributed by atoms with Crippen LogP contribution in [0.25, 0.3) is 10.7 Å². The average Bonchev–Trinajstić information content (AvgIpc) is 2.97. The monoisotopic (exact) mass is 326 g/mol. The molecule has 0 amide bonds. The fourth-order valence-corrected chi connectivity index (χ4v) is 4.52. The van der Waals surface area contributed by atoms with Gasteiger partial charge in [0.2, 0.25) is 0 Å². The average molecular weight is 326 g/mol. The molecule has 0 radical (unpaired) electrons. The van der Waals surface area contributed by atoms with Gasteiger partial charge in [0.05, 0.1) is 4.88 Å². The molecule has 8 heteroatoms. The second-order valence-electron chi connectivity index (χ2n) is 5.77. The van der Waals surface area contributed by atoms with Gasteiger partial charge in [0.15, 0.2) is 5.82 Å². The second-order valence-corrected chi connectivity index (χ2v) is 8.36. The minimum Gasteiger partial charge on any atom is -0.296 e. The summed E-state index contributed by atoms with van der Waals surface area (Å²) in [4.78, 5) is 2.35. The molecule has 2 heterocycles. The molecular weight excluding hydrogens is 308 g/mol. The second kappa shape index (κ2) is 5.19. The van der Waals surface area contributed by atoms with Gasteiger partial charge in [-0.2, -0.15) is 0 Å². The van der Waals surface area contributed by atoms with Crippen molar-refractivity contribution in [1.82, 2.24) is 14.8 Å². The van der Waals surface area contributed by atoms with Crippen LogP contribution in [0.15, 0.2) is 11.2 Å². The smallest absolute Gasteiger partial charge is 0.273 e. The molecule has 1 aliphatic carbocycles. The quantitative estimate of drug-likeness (QED) is 0.927. The van der Waals surface area contributed by atoms with Gasteiger partial charge in [0, 0.05) is 11.4 Å². The lowest BCUT2D eigenvalue weighted by Crippen LogP contribution is -2.20. The van der Waals surface area contributed by atoms with Crippen LogP contribution < -0.4 is 5.14 Å². The van der Waals surface area contributed by atoms with Crippen molar-refractivity contribution in [2.24, 2.45) is 11.1 Å². The van der Waals surface area contributed by atoms with Crippen LogP contribution in [0.1, 0.15) is 30.7 Å². The van der Waals surface area contributed by atoms with Crippen LogP contribution in [0.5, 0.6) is 0 Å². The van der Waals surface area contributed by atoms with E-state index in [-0.39, 0.29) is 11.1 Å². The molecule has 2 aromatic heterocycles. The number of hydrogen-bond donors (Lipinski definition) is 1. The molecule has 0 unspecified atom stereocenters. The Kier molecular flexibility index (Phi) is 3.62. The van der Waals surface area contributed by atoms with E-state index in [0.29, 0.717) is 12.4 Å². The van der Waals surface area contributed by atoms with Crippen molar-refractivity contribution in [3.8, 4) is 10.7 Å². The van der Waals surface area contributed by atoms with Crippen LogP contribution in [0.4, 0.5) is 0 Å². The number of nitrogens with two attached hydrogens (primary N) is 1. The molecule has 0 spiro atoms. The number of rotatable bonds is 4. The minimum atomic E-state index is -3.87. The van der Waals surface area contributed by atoms with Crippen molar-refractivity contribution in [3.05, 3.63) is 16.5 Å². The number of hydrogen-bond acceptors (Lipinski definition) is 5. The third-order valence-electron chi connectivity index (χ3n) is 3.49. The van der Waals surface area contributed by atoms with Crippen LogP contribution in [-0.2, 0) is 29.4 Å². The van der Waals surface area contributed by atoms with Gasteiger partial charge in [-0.05, 0) is 36.8 Å². The van der Waals surface area contributed by atoms with E-state index >= 15 is 0 Å². The molecule has 0 fully saturated rings. The standard InChI is InChI=1S/C13H18N4O2S2/c1-8(2)7-17-12(15-16-13(17)21(14,18)19)11-6-9-4-3-5-10(9)20-11/h6,8H,3-5,7H2,1-2H3,(H2,14,18,19). The fourth-order valence-electron chi connectivity index (χ4n) is 2.65. The zero-order valence-corrected chi connectivity index (χ0v) is 13.7. The van der Waals surface area contributed by atoms with Gasteiger partial charge in [0.25, 0.3) is 15.2 Å². The van der Waals surface area contributed by atoms with Crippen molar-refractivity contribution in [3.63, 3.8) is 0 Å². The minimum absolute atomic E-state index is 0.153. The molecular formula is C13H18N4O2S2. The molecule has 3 rings (SSSR count). The van der Waals surface area contributed by atoms with Crippen molar-refractivity contribution >= 4 is 21.4 Å². The SMILES string of the molecule is CC(C)Cn1c(-c2cc3c(s2)CCC3)nnc1S(N)(=O)=O. The molecule has 0 atom stereocenters. The first-order valence-corrected chi connectivity index (χ1v) is 9.30. The molecule has 6 nitrogen and oxygen atoms in total. The largest absolute Gasteiger partial charge is 0.296 e. The molecule has 0 bridgehead atoms. The van der Waals surface area contributed by atoms with E-state index in [1.165, 1.54) is 16.9 Å². The van der Waals surface area contributed by atoms with E-state index in [2.05, 4.69) is 16.3 Å². The highest BCUT2D eigenvalue weighted by Gasteiger charge is 2.25. The van der Waals surface area contributed by atoms with Gasteiger partial charge >= 0.3 is 0 Å². The zero-order valence-electron chi connectivity index (χ0n) is 12.0. The third kappa shape index (κ3) is 2.75. The molecule has 0 saturated heterocycles. The predicted molar refractivity (Wildman–Crippen MR) is 81.6 cm³/mol. The van der Waals surface area contributed by atoms with Gasteiger partial charge in [-0.15, -0.1) is 21.5 Å². The third-order valence-corrected chi connectivity index (χ3v) is 5.53. The van der Waals surface area contributed by atoms with E-state index in [0.717, 1.165) is 17.7 Å². The molecule has 0 aromatic carbocycles. The first kappa shape index (κ1) is 14.7. The summed E-state index contributed by atoms with van der Waals surface area (Å²) in [7, 11) is -3.87. The fraction of sp³-hybridized carbons (Fsp3) is 0.538. The zero-order chi connectivity index (χ0) is 15.2. The predicted octanol–water partition coefficient (Wildman–Crippen LogP) is 1.80. The molecule has 21 heavy (non-hydrogen) atoms. The summed E-state index contributed by atoms with van der Waals surface area (Å²) in [6, 6.07) is 2.11. The van der Waals surface area contributed by atoms with Crippen molar-refractivity contribution in [1.29, 1.82) is 0 Å². The van der Waals surface area contributed by atoms with Crippen LogP contribution in [-0.4, -0.2) is 23.2 Å². The van der Waals surface area contributed by atoms with Gasteiger partial charge in [-0.1, -0.05) is 13.8 Å². The Labute approximate surface area is 128 Å². The number of nitrogens with zero attached hydrogens (tertiary/aromatic N) is 3. The van der Waals surface area contributed by atoms with Gasteiger partial charge < -0.3 is 0 Å². The Hall–Kier alpha value is -1.25. The number of fused-ring (bicyclic) bond motifs is 1. The van der Waals surface area contributed by atoms with Crippen LogP contribution in [0, 0.1) is 5.92 Å². The lowest BCUT2D eigenvalue weighted by Gasteiger charge is -2.10. The molecule has 2 aromatic rings. The Morgan fingerprint density at radius 2 is 2.14 bits per heavy atom. The van der Waals surface area contributed by atoms with Gasteiger partial charge in [0.1, 0.15) is 0 Å². The number of sulfonamides is 1. The van der Waals surface area contributed by atoms with E-state index in [1.807, 2.05) is 13.8 Å². The number of aromatic nitrogens is 3. The lowest BCUT2D eigenvalue weighted by atomic mass is 10.2. The summed E-state index contributed by atoms with van der Waals surface area (Å²) in [5.74, 6) is 0.874. The number of primary sulfonamides is 1. The Morgan fingerprint density at radius 3 is 2.76 bits per heavy atom. The van der Waals surface area contributed by atoms with E-state index in [1.54, 1.807) is 15.9 Å². The lowest BCUT2D eigenvalue weighted by molar-refractivity contribution is 0.486. The highest BCUT2D eigenvalue weighted by atomic mass is 32.2. The van der Waals surface area contributed by atoms with E-state index in [9.17, 15) is 8.42 Å². The molecule has 0 saturated carbocycles. The Bertz CT molecular complexity index is 753. The van der Waals surface area contributed by atoms with E-state index in [4.69, 9.17) is 5.14 Å². The van der Waals surface area contributed by atoms with Crippen LogP contribution >= 0.6 is 11.3 Å².